The van der Waals surface area contributed by atoms with Crippen LogP contribution in [0.25, 0.3) is 0 Å². The molecule has 2 aromatic heterocycles. The summed E-state index contributed by atoms with van der Waals surface area (Å²) < 4.78 is 1.68. The Morgan fingerprint density at radius 2 is 2.47 bits per heavy atom. The van der Waals surface area contributed by atoms with E-state index in [9.17, 15) is 0 Å². The Morgan fingerprint density at radius 1 is 1.59 bits per heavy atom. The van der Waals surface area contributed by atoms with Gasteiger partial charge in [-0.1, -0.05) is 12.2 Å². The van der Waals surface area contributed by atoms with E-state index in [1.807, 2.05) is 12.4 Å². The van der Waals surface area contributed by atoms with Crippen LogP contribution in [-0.2, 0) is 13.5 Å². The molecule has 0 amide bonds. The number of nitrogens with one attached hydrogen (secondary N) is 1. The van der Waals surface area contributed by atoms with E-state index < -0.39 is 0 Å². The summed E-state index contributed by atoms with van der Waals surface area (Å²) >= 11 is 6.77. The highest BCUT2D eigenvalue weighted by atomic mass is 32.1. The average molecular weight is 268 g/mol. The van der Waals surface area contributed by atoms with Crippen molar-refractivity contribution >= 4 is 33.7 Å². The van der Waals surface area contributed by atoms with Crippen molar-refractivity contribution in [2.75, 3.05) is 5.32 Å². The van der Waals surface area contributed by atoms with Crippen molar-refractivity contribution < 1.29 is 0 Å². The van der Waals surface area contributed by atoms with E-state index in [4.69, 9.17) is 12.2 Å². The number of thiocarbonyl (C=S) groups is 1. The van der Waals surface area contributed by atoms with Crippen molar-refractivity contribution in [1.29, 1.82) is 0 Å². The van der Waals surface area contributed by atoms with Gasteiger partial charge in [-0.2, -0.15) is 0 Å². The number of nitrogens with zero attached hydrogens (tertiary/aromatic N) is 5. The van der Waals surface area contributed by atoms with Crippen LogP contribution in [0.4, 0.5) is 5.13 Å². The zero-order chi connectivity index (χ0) is 12.1. The molecule has 0 aliphatic heterocycles. The van der Waals surface area contributed by atoms with Crippen LogP contribution < -0.4 is 5.32 Å². The molecule has 0 spiro atoms. The predicted molar refractivity (Wildman–Crippen MR) is 70.1 cm³/mol. The van der Waals surface area contributed by atoms with Crippen LogP contribution in [0.2, 0.25) is 0 Å². The van der Waals surface area contributed by atoms with Gasteiger partial charge in [-0.15, -0.1) is 16.4 Å². The number of aromatic nitrogens is 5. The lowest BCUT2D eigenvalue weighted by Crippen LogP contribution is -2.09. The first-order chi connectivity index (χ1) is 8.25. The maximum absolute atomic E-state index is 5.23. The highest BCUT2D eigenvalue weighted by Gasteiger charge is 2.04. The number of hydrogen-bond donors (Lipinski definition) is 1. The van der Waals surface area contributed by atoms with Crippen molar-refractivity contribution in [2.24, 2.45) is 7.05 Å². The Kier molecular flexibility index (Phi) is 4.10. The molecule has 6 nitrogen and oxygen atoms in total. The topological polar surface area (TPSA) is 68.5 Å². The highest BCUT2D eigenvalue weighted by molar-refractivity contribution is 7.80. The molecule has 0 saturated carbocycles. The van der Waals surface area contributed by atoms with Gasteiger partial charge in [0.2, 0.25) is 0 Å². The van der Waals surface area contributed by atoms with Crippen molar-refractivity contribution in [2.45, 2.75) is 19.3 Å². The minimum atomic E-state index is 0.801. The number of hydrogen-bond acceptors (Lipinski definition) is 6. The zero-order valence-electron chi connectivity index (χ0n) is 9.33. The number of rotatable bonds is 5. The molecule has 0 aliphatic rings. The van der Waals surface area contributed by atoms with Crippen LogP contribution in [0.1, 0.15) is 18.7 Å². The van der Waals surface area contributed by atoms with Gasteiger partial charge >= 0.3 is 0 Å². The summed E-state index contributed by atoms with van der Waals surface area (Å²) in [6.45, 7) is 0. The molecule has 2 aromatic rings. The maximum atomic E-state index is 5.23. The molecule has 1 N–H and O–H groups in total. The number of aryl methyl sites for hydroxylation is 2. The van der Waals surface area contributed by atoms with Crippen LogP contribution >= 0.6 is 23.6 Å². The Hall–Kier alpha value is -1.41. The second-order valence-electron chi connectivity index (χ2n) is 3.46. The summed E-state index contributed by atoms with van der Waals surface area (Å²) in [4.78, 5) is 4.91. The SMILES string of the molecule is Cn1nnnc1CCCC(=S)Nc1nccs1. The zero-order valence-corrected chi connectivity index (χ0v) is 11.0. The predicted octanol–water partition coefficient (Wildman–Crippen LogP) is 1.43. The van der Waals surface area contributed by atoms with Gasteiger partial charge in [-0.3, -0.25) is 0 Å². The molecule has 2 rings (SSSR count). The van der Waals surface area contributed by atoms with Gasteiger partial charge in [0.15, 0.2) is 11.0 Å². The molecular weight excluding hydrogens is 256 g/mol. The summed E-state index contributed by atoms with van der Waals surface area (Å²) in [6, 6.07) is 0. The number of thiazole rings is 1. The van der Waals surface area contributed by atoms with Crippen molar-refractivity contribution in [1.82, 2.24) is 25.2 Å². The maximum Gasteiger partial charge on any atom is 0.187 e. The monoisotopic (exact) mass is 268 g/mol. The summed E-state index contributed by atoms with van der Waals surface area (Å²) in [7, 11) is 1.83. The van der Waals surface area contributed by atoms with E-state index in [2.05, 4.69) is 25.8 Å². The summed E-state index contributed by atoms with van der Waals surface area (Å²) in [5, 5.41) is 17.1. The van der Waals surface area contributed by atoms with E-state index in [1.54, 1.807) is 10.9 Å². The lowest BCUT2D eigenvalue weighted by Gasteiger charge is -2.03. The quantitative estimate of drug-likeness (QED) is 0.827. The largest absolute Gasteiger partial charge is 0.326 e. The Balaban J connectivity index is 1.72. The summed E-state index contributed by atoms with van der Waals surface area (Å²) in [5.41, 5.74) is 0. The third-order valence-electron chi connectivity index (χ3n) is 2.19. The smallest absolute Gasteiger partial charge is 0.187 e. The fourth-order valence-electron chi connectivity index (χ4n) is 1.33. The van der Waals surface area contributed by atoms with Gasteiger partial charge in [0, 0.05) is 25.0 Å². The highest BCUT2D eigenvalue weighted by Crippen LogP contribution is 2.11. The van der Waals surface area contributed by atoms with E-state index >= 15 is 0 Å². The van der Waals surface area contributed by atoms with Gasteiger partial charge in [0.25, 0.3) is 0 Å². The first-order valence-corrected chi connectivity index (χ1v) is 6.45. The van der Waals surface area contributed by atoms with Gasteiger partial charge in [0.1, 0.15) is 0 Å². The van der Waals surface area contributed by atoms with Crippen molar-refractivity contribution in [3.63, 3.8) is 0 Å². The fraction of sp³-hybridized carbons (Fsp3) is 0.444. The molecule has 0 aromatic carbocycles. The lowest BCUT2D eigenvalue weighted by atomic mass is 10.2. The van der Waals surface area contributed by atoms with Crippen LogP contribution in [-0.4, -0.2) is 30.2 Å². The third kappa shape index (κ3) is 3.53. The van der Waals surface area contributed by atoms with Gasteiger partial charge < -0.3 is 5.32 Å². The number of anilines is 1. The molecule has 2 heterocycles. The average Bonchev–Trinajstić information content (AvgIpc) is 2.91. The van der Waals surface area contributed by atoms with E-state index in [0.29, 0.717) is 0 Å². The molecule has 8 heteroatoms. The molecule has 0 atom stereocenters. The van der Waals surface area contributed by atoms with Crippen LogP contribution in [0.15, 0.2) is 11.6 Å². The van der Waals surface area contributed by atoms with Crippen LogP contribution in [0.5, 0.6) is 0 Å². The second-order valence-corrected chi connectivity index (χ2v) is 4.85. The summed E-state index contributed by atoms with van der Waals surface area (Å²) in [6.07, 6.45) is 4.30. The first-order valence-electron chi connectivity index (χ1n) is 5.16. The molecule has 0 saturated heterocycles. The van der Waals surface area contributed by atoms with Gasteiger partial charge in [-0.25, -0.2) is 9.67 Å². The molecule has 0 aliphatic carbocycles. The molecule has 17 heavy (non-hydrogen) atoms. The molecular formula is C9H12N6S2. The van der Waals surface area contributed by atoms with Gasteiger partial charge in [-0.05, 0) is 23.3 Å². The summed E-state index contributed by atoms with van der Waals surface area (Å²) in [5.74, 6) is 0.877. The van der Waals surface area contributed by atoms with E-state index in [-0.39, 0.29) is 0 Å². The van der Waals surface area contributed by atoms with E-state index in [1.165, 1.54) is 11.3 Å². The standard InChI is InChI=1S/C9H12N6S2/c1-15-7(12-13-14-15)3-2-4-8(16)11-9-10-5-6-17-9/h5-6H,2-4H2,1H3,(H,10,11,16). The molecule has 90 valence electrons. The van der Waals surface area contributed by atoms with E-state index in [0.717, 1.165) is 35.2 Å². The van der Waals surface area contributed by atoms with Crippen molar-refractivity contribution in [3.05, 3.63) is 17.4 Å². The molecule has 0 bridgehead atoms. The first kappa shape index (κ1) is 12.1. The molecule has 0 unspecified atom stereocenters. The molecule has 0 radical (unpaired) electrons. The van der Waals surface area contributed by atoms with Crippen LogP contribution in [0.3, 0.4) is 0 Å². The number of tetrazole rings is 1. The Morgan fingerprint density at radius 3 is 3.12 bits per heavy atom. The Bertz CT molecular complexity index is 477. The minimum Gasteiger partial charge on any atom is -0.326 e. The third-order valence-corrected chi connectivity index (χ3v) is 3.19. The van der Waals surface area contributed by atoms with Crippen LogP contribution in [0, 0.1) is 0 Å². The molecule has 0 fully saturated rings. The lowest BCUT2D eigenvalue weighted by molar-refractivity contribution is 0.664. The normalized spacial score (nSPS) is 10.4. The minimum absolute atomic E-state index is 0.801. The van der Waals surface area contributed by atoms with Crippen molar-refractivity contribution in [3.8, 4) is 0 Å². The fourth-order valence-corrected chi connectivity index (χ4v) is 2.19. The second kappa shape index (κ2) is 5.78. The van der Waals surface area contributed by atoms with Gasteiger partial charge in [0.05, 0.1) is 4.99 Å². The Labute approximate surface area is 108 Å².